The van der Waals surface area contributed by atoms with Crippen molar-refractivity contribution >= 4 is 28.2 Å². The fourth-order valence-corrected chi connectivity index (χ4v) is 5.47. The molecule has 2 aliphatic rings. The van der Waals surface area contributed by atoms with E-state index in [4.69, 9.17) is 0 Å². The fraction of sp³-hybridized carbons (Fsp3) is 0.478. The Kier molecular flexibility index (Phi) is 5.81. The van der Waals surface area contributed by atoms with Crippen molar-refractivity contribution in [1.29, 1.82) is 0 Å². The summed E-state index contributed by atoms with van der Waals surface area (Å²) < 4.78 is 0. The lowest BCUT2D eigenvalue weighted by Gasteiger charge is -2.27. The topological polar surface area (TPSA) is 49.4 Å². The first-order valence-electron chi connectivity index (χ1n) is 10.5. The Balaban J connectivity index is 1.66. The molecule has 28 heavy (non-hydrogen) atoms. The highest BCUT2D eigenvalue weighted by molar-refractivity contribution is 7.17. The van der Waals surface area contributed by atoms with Gasteiger partial charge in [0.1, 0.15) is 5.00 Å². The molecule has 1 aliphatic heterocycles. The van der Waals surface area contributed by atoms with E-state index >= 15 is 0 Å². The summed E-state index contributed by atoms with van der Waals surface area (Å²) in [7, 11) is 0. The Labute approximate surface area is 170 Å². The number of benzene rings is 1. The summed E-state index contributed by atoms with van der Waals surface area (Å²) >= 11 is 1.61. The molecule has 1 fully saturated rings. The molecule has 0 unspecified atom stereocenters. The number of aryl methyl sites for hydroxylation is 2. The van der Waals surface area contributed by atoms with E-state index in [2.05, 4.69) is 5.32 Å². The number of rotatable bonds is 3. The second-order valence-electron chi connectivity index (χ2n) is 7.94. The maximum Gasteiger partial charge on any atom is 0.257 e. The van der Waals surface area contributed by atoms with Crippen LogP contribution in [0.5, 0.6) is 0 Å². The predicted octanol–water partition coefficient (Wildman–Crippen LogP) is 5.20. The van der Waals surface area contributed by atoms with Crippen LogP contribution in [0.4, 0.5) is 5.00 Å². The molecule has 4 rings (SSSR count). The molecule has 0 spiro atoms. The van der Waals surface area contributed by atoms with Gasteiger partial charge in [-0.3, -0.25) is 9.59 Å². The van der Waals surface area contributed by atoms with Gasteiger partial charge in [0.05, 0.1) is 5.56 Å². The normalized spacial score (nSPS) is 17.0. The van der Waals surface area contributed by atoms with Gasteiger partial charge in [-0.25, -0.2) is 0 Å². The minimum atomic E-state index is -0.135. The smallest absolute Gasteiger partial charge is 0.257 e. The van der Waals surface area contributed by atoms with Crippen LogP contribution in [0.15, 0.2) is 24.3 Å². The first-order valence-corrected chi connectivity index (χ1v) is 11.3. The second kappa shape index (κ2) is 8.48. The maximum atomic E-state index is 13.4. The largest absolute Gasteiger partial charge is 0.339 e. The van der Waals surface area contributed by atoms with Crippen LogP contribution in [0.2, 0.25) is 0 Å². The summed E-state index contributed by atoms with van der Waals surface area (Å²) in [5.41, 5.74) is 3.72. The number of amides is 2. The summed E-state index contributed by atoms with van der Waals surface area (Å²) in [6, 6.07) is 7.57. The lowest BCUT2D eigenvalue weighted by atomic mass is 10.0. The summed E-state index contributed by atoms with van der Waals surface area (Å²) in [6.07, 6.45) is 8.80. The Hall–Kier alpha value is -2.14. The minimum Gasteiger partial charge on any atom is -0.339 e. The van der Waals surface area contributed by atoms with E-state index in [1.165, 1.54) is 23.3 Å². The molecule has 1 N–H and O–H groups in total. The molecule has 0 atom stereocenters. The van der Waals surface area contributed by atoms with E-state index in [1.807, 2.05) is 36.1 Å². The third-order valence-electron chi connectivity index (χ3n) is 5.82. The lowest BCUT2D eigenvalue weighted by molar-refractivity contribution is 0.0724. The van der Waals surface area contributed by atoms with Crippen molar-refractivity contribution in [2.45, 2.75) is 58.3 Å². The average Bonchev–Trinajstić information content (AvgIpc) is 2.89. The van der Waals surface area contributed by atoms with Gasteiger partial charge in [0.15, 0.2) is 0 Å². The predicted molar refractivity (Wildman–Crippen MR) is 114 cm³/mol. The zero-order valence-corrected chi connectivity index (χ0v) is 17.4. The summed E-state index contributed by atoms with van der Waals surface area (Å²) in [5.74, 6) is -0.0255. The molecule has 2 amide bonds. The van der Waals surface area contributed by atoms with E-state index in [9.17, 15) is 9.59 Å². The van der Waals surface area contributed by atoms with Crippen LogP contribution in [-0.4, -0.2) is 29.8 Å². The van der Waals surface area contributed by atoms with E-state index in [0.717, 1.165) is 67.7 Å². The Morgan fingerprint density at radius 2 is 1.61 bits per heavy atom. The van der Waals surface area contributed by atoms with Gasteiger partial charge in [0, 0.05) is 23.5 Å². The molecule has 2 heterocycles. The molecule has 1 aliphatic carbocycles. The molecule has 0 bridgehead atoms. The van der Waals surface area contributed by atoms with E-state index in [1.54, 1.807) is 11.3 Å². The standard InChI is InChI=1S/C23H28N2O2S/c1-16-10-12-17(13-11-16)21(26)24-22-20(23(27)25-14-6-3-7-15-25)18-8-4-2-5-9-19(18)28-22/h10-13H,2-9,14-15H2,1H3,(H,24,26). The van der Waals surface area contributed by atoms with Crippen LogP contribution >= 0.6 is 11.3 Å². The van der Waals surface area contributed by atoms with Crippen molar-refractivity contribution in [3.05, 3.63) is 51.4 Å². The molecule has 0 saturated carbocycles. The first-order chi connectivity index (χ1) is 13.6. The number of piperidine rings is 1. The summed E-state index contributed by atoms with van der Waals surface area (Å²) in [5, 5.41) is 3.82. The fourth-order valence-electron chi connectivity index (χ4n) is 4.19. The summed E-state index contributed by atoms with van der Waals surface area (Å²) in [6.45, 7) is 3.66. The van der Waals surface area contributed by atoms with Gasteiger partial charge in [0.2, 0.25) is 0 Å². The Bertz CT molecular complexity index is 863. The van der Waals surface area contributed by atoms with Crippen LogP contribution < -0.4 is 5.32 Å². The molecule has 1 saturated heterocycles. The Morgan fingerprint density at radius 1 is 0.929 bits per heavy atom. The number of fused-ring (bicyclic) bond motifs is 1. The number of hydrogen-bond donors (Lipinski definition) is 1. The Morgan fingerprint density at radius 3 is 2.36 bits per heavy atom. The number of anilines is 1. The van der Waals surface area contributed by atoms with E-state index < -0.39 is 0 Å². The number of nitrogens with one attached hydrogen (secondary N) is 1. The number of hydrogen-bond acceptors (Lipinski definition) is 3. The number of carbonyl (C=O) groups excluding carboxylic acids is 2. The molecule has 148 valence electrons. The van der Waals surface area contributed by atoms with Gasteiger partial charge in [-0.1, -0.05) is 24.1 Å². The highest BCUT2D eigenvalue weighted by atomic mass is 32.1. The van der Waals surface area contributed by atoms with Crippen molar-refractivity contribution < 1.29 is 9.59 Å². The van der Waals surface area contributed by atoms with Crippen LogP contribution in [0.1, 0.15) is 75.2 Å². The van der Waals surface area contributed by atoms with Gasteiger partial charge < -0.3 is 10.2 Å². The van der Waals surface area contributed by atoms with Crippen molar-refractivity contribution in [1.82, 2.24) is 4.90 Å². The average molecular weight is 397 g/mol. The number of thiophene rings is 1. The first kappa shape index (κ1) is 19.2. The maximum absolute atomic E-state index is 13.4. The summed E-state index contributed by atoms with van der Waals surface area (Å²) in [4.78, 5) is 29.5. The quantitative estimate of drug-likeness (QED) is 0.725. The zero-order valence-electron chi connectivity index (χ0n) is 16.6. The number of nitrogens with zero attached hydrogens (tertiary/aromatic N) is 1. The van der Waals surface area contributed by atoms with Gasteiger partial charge in [0.25, 0.3) is 11.8 Å². The molecule has 1 aromatic carbocycles. The highest BCUT2D eigenvalue weighted by Crippen LogP contribution is 2.38. The lowest BCUT2D eigenvalue weighted by Crippen LogP contribution is -2.36. The SMILES string of the molecule is Cc1ccc(C(=O)Nc2sc3c(c2C(=O)N2CCCCC2)CCCCC3)cc1. The van der Waals surface area contributed by atoms with Gasteiger partial charge in [-0.15, -0.1) is 11.3 Å². The van der Waals surface area contributed by atoms with Crippen LogP contribution in [0.3, 0.4) is 0 Å². The van der Waals surface area contributed by atoms with Crippen molar-refractivity contribution in [2.75, 3.05) is 18.4 Å². The third kappa shape index (κ3) is 4.00. The van der Waals surface area contributed by atoms with Crippen LogP contribution in [0, 0.1) is 6.92 Å². The molecule has 2 aromatic rings. The van der Waals surface area contributed by atoms with E-state index in [0.29, 0.717) is 5.56 Å². The monoisotopic (exact) mass is 396 g/mol. The number of carbonyl (C=O) groups is 2. The van der Waals surface area contributed by atoms with Gasteiger partial charge in [-0.2, -0.15) is 0 Å². The number of likely N-dealkylation sites (tertiary alicyclic amines) is 1. The molecular weight excluding hydrogens is 368 g/mol. The minimum absolute atomic E-state index is 0.110. The van der Waals surface area contributed by atoms with E-state index in [-0.39, 0.29) is 11.8 Å². The van der Waals surface area contributed by atoms with Crippen LogP contribution in [-0.2, 0) is 12.8 Å². The van der Waals surface area contributed by atoms with Crippen molar-refractivity contribution in [3.63, 3.8) is 0 Å². The molecule has 0 radical (unpaired) electrons. The highest BCUT2D eigenvalue weighted by Gasteiger charge is 2.29. The van der Waals surface area contributed by atoms with Gasteiger partial charge in [-0.05, 0) is 69.6 Å². The second-order valence-corrected chi connectivity index (χ2v) is 9.05. The third-order valence-corrected chi connectivity index (χ3v) is 7.03. The molecule has 4 nitrogen and oxygen atoms in total. The molecular formula is C23H28N2O2S. The molecule has 5 heteroatoms. The zero-order chi connectivity index (χ0) is 19.5. The van der Waals surface area contributed by atoms with Gasteiger partial charge >= 0.3 is 0 Å². The van der Waals surface area contributed by atoms with Crippen LogP contribution in [0.25, 0.3) is 0 Å². The molecule has 1 aromatic heterocycles. The van der Waals surface area contributed by atoms with Crippen molar-refractivity contribution in [2.24, 2.45) is 0 Å². The van der Waals surface area contributed by atoms with Crippen molar-refractivity contribution in [3.8, 4) is 0 Å².